The minimum Gasteiger partial charge on any atom is -0.468 e. The molecule has 0 saturated heterocycles. The van der Waals surface area contributed by atoms with Crippen LogP contribution in [0.1, 0.15) is 57.3 Å². The third kappa shape index (κ3) is 6.22. The molecule has 1 rings (SSSR count). The predicted octanol–water partition coefficient (Wildman–Crippen LogP) is 3.88. The maximum atomic E-state index is 5.69. The van der Waals surface area contributed by atoms with Gasteiger partial charge in [-0.15, -0.1) is 0 Å². The molecule has 18 heavy (non-hydrogen) atoms. The van der Waals surface area contributed by atoms with E-state index in [0.717, 1.165) is 25.5 Å². The third-order valence-corrected chi connectivity index (χ3v) is 3.02. The standard InChI is InChI=1S/C15H27NO2/c1-3-5-6-7-8-10-17-13-14-9-11-18-15(14)12-16-4-2/h9,11,16H,3-8,10,12-13H2,1-2H3. The van der Waals surface area contributed by atoms with Crippen LogP contribution in [0.15, 0.2) is 16.7 Å². The molecule has 0 aliphatic carbocycles. The number of furan rings is 1. The first-order valence-corrected chi connectivity index (χ1v) is 7.22. The quantitative estimate of drug-likeness (QED) is 0.608. The molecule has 1 aromatic heterocycles. The molecule has 0 aliphatic heterocycles. The lowest BCUT2D eigenvalue weighted by atomic mass is 10.2. The van der Waals surface area contributed by atoms with Gasteiger partial charge in [0.2, 0.25) is 0 Å². The van der Waals surface area contributed by atoms with Gasteiger partial charge in [-0.1, -0.05) is 39.5 Å². The van der Waals surface area contributed by atoms with Gasteiger partial charge in [0.15, 0.2) is 0 Å². The second-order valence-corrected chi connectivity index (χ2v) is 4.62. The summed E-state index contributed by atoms with van der Waals surface area (Å²) >= 11 is 0. The lowest BCUT2D eigenvalue weighted by Crippen LogP contribution is -2.12. The molecular formula is C15H27NO2. The van der Waals surface area contributed by atoms with Crippen molar-refractivity contribution in [2.24, 2.45) is 0 Å². The van der Waals surface area contributed by atoms with Gasteiger partial charge >= 0.3 is 0 Å². The lowest BCUT2D eigenvalue weighted by Gasteiger charge is -2.05. The van der Waals surface area contributed by atoms with E-state index < -0.39 is 0 Å². The molecule has 0 bridgehead atoms. The largest absolute Gasteiger partial charge is 0.468 e. The summed E-state index contributed by atoms with van der Waals surface area (Å²) in [4.78, 5) is 0. The molecule has 104 valence electrons. The van der Waals surface area contributed by atoms with Crippen molar-refractivity contribution in [3.8, 4) is 0 Å². The minimum atomic E-state index is 0.672. The second kappa shape index (κ2) is 10.2. The van der Waals surface area contributed by atoms with Crippen LogP contribution in [0.3, 0.4) is 0 Å². The van der Waals surface area contributed by atoms with Gasteiger partial charge in [-0.05, 0) is 19.0 Å². The van der Waals surface area contributed by atoms with Crippen LogP contribution in [0.25, 0.3) is 0 Å². The number of hydrogen-bond acceptors (Lipinski definition) is 3. The molecule has 0 unspecified atom stereocenters. The monoisotopic (exact) mass is 253 g/mol. The Morgan fingerprint density at radius 2 is 2.00 bits per heavy atom. The Hall–Kier alpha value is -0.800. The van der Waals surface area contributed by atoms with E-state index >= 15 is 0 Å². The number of hydrogen-bond donors (Lipinski definition) is 1. The fourth-order valence-corrected chi connectivity index (χ4v) is 1.88. The Morgan fingerprint density at radius 1 is 1.17 bits per heavy atom. The van der Waals surface area contributed by atoms with Crippen LogP contribution >= 0.6 is 0 Å². The van der Waals surface area contributed by atoms with E-state index in [4.69, 9.17) is 9.15 Å². The van der Waals surface area contributed by atoms with Gasteiger partial charge in [-0.2, -0.15) is 0 Å². The maximum absolute atomic E-state index is 5.69. The highest BCUT2D eigenvalue weighted by atomic mass is 16.5. The zero-order valence-corrected chi connectivity index (χ0v) is 11.8. The molecular weight excluding hydrogens is 226 g/mol. The first-order chi connectivity index (χ1) is 8.88. The molecule has 1 heterocycles. The van der Waals surface area contributed by atoms with Crippen LogP contribution in [0.4, 0.5) is 0 Å². The predicted molar refractivity (Wildman–Crippen MR) is 74.5 cm³/mol. The van der Waals surface area contributed by atoms with Gasteiger partial charge in [-0.3, -0.25) is 0 Å². The minimum absolute atomic E-state index is 0.672. The normalized spacial score (nSPS) is 11.0. The molecule has 1 aromatic rings. The Morgan fingerprint density at radius 3 is 2.78 bits per heavy atom. The van der Waals surface area contributed by atoms with Crippen molar-refractivity contribution < 1.29 is 9.15 Å². The number of unbranched alkanes of at least 4 members (excludes halogenated alkanes) is 4. The molecule has 0 fully saturated rings. The maximum Gasteiger partial charge on any atom is 0.123 e. The third-order valence-electron chi connectivity index (χ3n) is 3.02. The Kier molecular flexibility index (Phi) is 8.61. The van der Waals surface area contributed by atoms with Gasteiger partial charge < -0.3 is 14.5 Å². The van der Waals surface area contributed by atoms with E-state index in [1.807, 2.05) is 6.07 Å². The van der Waals surface area contributed by atoms with E-state index in [2.05, 4.69) is 19.2 Å². The Balaban J connectivity index is 2.09. The summed E-state index contributed by atoms with van der Waals surface area (Å²) in [6.07, 6.45) is 8.16. The van der Waals surface area contributed by atoms with Gasteiger partial charge in [0, 0.05) is 12.2 Å². The molecule has 0 radical (unpaired) electrons. The topological polar surface area (TPSA) is 34.4 Å². The average Bonchev–Trinajstić information content (AvgIpc) is 2.83. The smallest absolute Gasteiger partial charge is 0.123 e. The number of nitrogens with one attached hydrogen (secondary N) is 1. The summed E-state index contributed by atoms with van der Waals surface area (Å²) in [6.45, 7) is 7.61. The van der Waals surface area contributed by atoms with Gasteiger partial charge in [0.25, 0.3) is 0 Å². The molecule has 0 aromatic carbocycles. The van der Waals surface area contributed by atoms with Crippen molar-refractivity contribution in [2.45, 2.75) is 59.1 Å². The van der Waals surface area contributed by atoms with Crippen LogP contribution in [-0.2, 0) is 17.9 Å². The SMILES string of the molecule is CCCCCCCOCc1ccoc1CNCC. The van der Waals surface area contributed by atoms with Crippen molar-refractivity contribution in [3.63, 3.8) is 0 Å². The molecule has 0 aliphatic rings. The molecule has 3 heteroatoms. The fraction of sp³-hybridized carbons (Fsp3) is 0.733. The van der Waals surface area contributed by atoms with Crippen LogP contribution in [0.2, 0.25) is 0 Å². The molecule has 1 N–H and O–H groups in total. The van der Waals surface area contributed by atoms with Crippen LogP contribution < -0.4 is 5.32 Å². The summed E-state index contributed by atoms with van der Waals surface area (Å²) in [5.41, 5.74) is 1.17. The molecule has 0 spiro atoms. The van der Waals surface area contributed by atoms with Gasteiger partial charge in [0.1, 0.15) is 5.76 Å². The van der Waals surface area contributed by atoms with Crippen LogP contribution in [0, 0.1) is 0 Å². The van der Waals surface area contributed by atoms with E-state index in [-0.39, 0.29) is 0 Å². The molecule has 3 nitrogen and oxygen atoms in total. The van der Waals surface area contributed by atoms with Crippen molar-refractivity contribution in [2.75, 3.05) is 13.2 Å². The zero-order valence-electron chi connectivity index (χ0n) is 11.8. The summed E-state index contributed by atoms with van der Waals surface area (Å²) in [7, 11) is 0. The average molecular weight is 253 g/mol. The van der Waals surface area contributed by atoms with Crippen LogP contribution in [-0.4, -0.2) is 13.2 Å². The summed E-state index contributed by atoms with van der Waals surface area (Å²) < 4.78 is 11.1. The van der Waals surface area contributed by atoms with E-state index in [1.165, 1.54) is 37.7 Å². The van der Waals surface area contributed by atoms with Gasteiger partial charge in [0.05, 0.1) is 19.4 Å². The van der Waals surface area contributed by atoms with Gasteiger partial charge in [-0.25, -0.2) is 0 Å². The second-order valence-electron chi connectivity index (χ2n) is 4.62. The van der Waals surface area contributed by atoms with Crippen molar-refractivity contribution in [1.82, 2.24) is 5.32 Å². The fourth-order valence-electron chi connectivity index (χ4n) is 1.88. The van der Waals surface area contributed by atoms with Crippen molar-refractivity contribution in [1.29, 1.82) is 0 Å². The Labute approximate surface area is 111 Å². The molecule has 0 saturated carbocycles. The highest BCUT2D eigenvalue weighted by molar-refractivity contribution is 5.15. The van der Waals surface area contributed by atoms with Crippen LogP contribution in [0.5, 0.6) is 0 Å². The van der Waals surface area contributed by atoms with E-state index in [0.29, 0.717) is 6.61 Å². The summed E-state index contributed by atoms with van der Waals surface area (Å²) in [5.74, 6) is 1.00. The summed E-state index contributed by atoms with van der Waals surface area (Å²) in [5, 5.41) is 3.27. The molecule has 0 amide bonds. The zero-order chi connectivity index (χ0) is 13.1. The highest BCUT2D eigenvalue weighted by Crippen LogP contribution is 2.12. The number of ether oxygens (including phenoxy) is 1. The lowest BCUT2D eigenvalue weighted by molar-refractivity contribution is 0.115. The first kappa shape index (κ1) is 15.3. The van der Waals surface area contributed by atoms with E-state index in [9.17, 15) is 0 Å². The molecule has 0 atom stereocenters. The van der Waals surface area contributed by atoms with Crippen molar-refractivity contribution in [3.05, 3.63) is 23.7 Å². The van der Waals surface area contributed by atoms with Crippen molar-refractivity contribution >= 4 is 0 Å². The Bertz CT molecular complexity index is 296. The first-order valence-electron chi connectivity index (χ1n) is 7.22. The number of rotatable bonds is 11. The highest BCUT2D eigenvalue weighted by Gasteiger charge is 2.05. The van der Waals surface area contributed by atoms with E-state index in [1.54, 1.807) is 6.26 Å². The summed E-state index contributed by atoms with van der Waals surface area (Å²) in [6, 6.07) is 2.00.